The number of carbonyl (C=O) groups excluding carboxylic acids is 2. The average Bonchev–Trinajstić information content (AvgIpc) is 2.99. The van der Waals surface area contributed by atoms with Crippen LogP contribution in [0.1, 0.15) is 43.2 Å². The molecule has 0 spiro atoms. The van der Waals surface area contributed by atoms with E-state index in [1.165, 1.54) is 18.1 Å². The van der Waals surface area contributed by atoms with Crippen molar-refractivity contribution < 1.29 is 22.7 Å². The molecule has 11 heteroatoms. The maximum absolute atomic E-state index is 14.3. The summed E-state index contributed by atoms with van der Waals surface area (Å²) in [7, 11) is -2.54. The van der Waals surface area contributed by atoms with E-state index in [0.717, 1.165) is 58.3 Å². The van der Waals surface area contributed by atoms with Gasteiger partial charge >= 0.3 is 0 Å². The number of amides is 2. The molecule has 230 valence electrons. The first-order chi connectivity index (χ1) is 20.5. The van der Waals surface area contributed by atoms with E-state index >= 15 is 0 Å². The summed E-state index contributed by atoms with van der Waals surface area (Å²) in [6, 6.07) is 20.7. The van der Waals surface area contributed by atoms with Crippen molar-refractivity contribution in [3.63, 3.8) is 0 Å². The van der Waals surface area contributed by atoms with E-state index < -0.39 is 28.5 Å². The second-order valence-electron chi connectivity index (χ2n) is 10.8. The third kappa shape index (κ3) is 9.20. The summed E-state index contributed by atoms with van der Waals surface area (Å²) in [5.74, 6) is -0.541. The largest absolute Gasteiger partial charge is 0.495 e. The summed E-state index contributed by atoms with van der Waals surface area (Å²) >= 11 is 9.68. The van der Waals surface area contributed by atoms with Gasteiger partial charge in [0.25, 0.3) is 0 Å². The molecule has 3 aromatic rings. The first kappa shape index (κ1) is 32.8. The molecule has 8 nitrogen and oxygen atoms in total. The lowest BCUT2D eigenvalue weighted by Crippen LogP contribution is -2.55. The Hall–Kier alpha value is -3.08. The third-order valence-electron chi connectivity index (χ3n) is 7.58. The van der Waals surface area contributed by atoms with Crippen LogP contribution in [-0.2, 0) is 32.6 Å². The highest BCUT2D eigenvalue weighted by atomic mass is 79.9. The predicted octanol–water partition coefficient (Wildman–Crippen LogP) is 5.97. The molecule has 0 aliphatic heterocycles. The number of nitrogens with zero attached hydrogens (tertiary/aromatic N) is 2. The Morgan fingerprint density at radius 2 is 1.67 bits per heavy atom. The van der Waals surface area contributed by atoms with E-state index in [0.29, 0.717) is 0 Å². The van der Waals surface area contributed by atoms with Crippen LogP contribution in [0.4, 0.5) is 5.69 Å². The van der Waals surface area contributed by atoms with Gasteiger partial charge < -0.3 is 15.0 Å². The fourth-order valence-electron chi connectivity index (χ4n) is 5.34. The summed E-state index contributed by atoms with van der Waals surface area (Å²) < 4.78 is 33.5. The molecule has 3 aromatic carbocycles. The van der Waals surface area contributed by atoms with E-state index in [4.69, 9.17) is 16.3 Å². The monoisotopic (exact) mass is 689 g/mol. The van der Waals surface area contributed by atoms with Crippen LogP contribution in [-0.4, -0.2) is 57.1 Å². The van der Waals surface area contributed by atoms with Gasteiger partial charge in [0.1, 0.15) is 18.3 Å². The van der Waals surface area contributed by atoms with Crippen molar-refractivity contribution in [3.8, 4) is 5.75 Å². The lowest BCUT2D eigenvalue weighted by atomic mass is 9.94. The summed E-state index contributed by atoms with van der Waals surface area (Å²) in [5.41, 5.74) is 1.82. The molecule has 0 radical (unpaired) electrons. The number of ether oxygens (including phenoxy) is 1. The average molecular weight is 691 g/mol. The zero-order chi connectivity index (χ0) is 31.0. The van der Waals surface area contributed by atoms with Crippen LogP contribution < -0.4 is 14.4 Å². The minimum absolute atomic E-state index is 0.0346. The van der Waals surface area contributed by atoms with E-state index in [-0.39, 0.29) is 41.4 Å². The van der Waals surface area contributed by atoms with E-state index in [1.807, 2.05) is 54.6 Å². The van der Waals surface area contributed by atoms with Crippen LogP contribution >= 0.6 is 27.5 Å². The molecule has 2 amide bonds. The minimum atomic E-state index is -3.96. The predicted molar refractivity (Wildman–Crippen MR) is 174 cm³/mol. The van der Waals surface area contributed by atoms with Gasteiger partial charge in [-0.3, -0.25) is 13.9 Å². The zero-order valence-corrected chi connectivity index (χ0v) is 27.5. The van der Waals surface area contributed by atoms with Gasteiger partial charge in [0.05, 0.1) is 19.1 Å². The number of hydrogen-bond acceptors (Lipinski definition) is 5. The SMILES string of the molecule is COc1ccc(Cl)cc1N(CC(=O)N(Cc1ccc(Br)cc1)C(Cc1ccccc1)C(=O)NC1CCCCC1)S(C)(=O)=O. The number of hydrogen-bond donors (Lipinski definition) is 1. The normalized spacial score (nSPS) is 14.5. The Morgan fingerprint density at radius 3 is 2.30 bits per heavy atom. The molecule has 1 aliphatic carbocycles. The molecular weight excluding hydrogens is 654 g/mol. The van der Waals surface area contributed by atoms with Gasteiger partial charge in [-0.2, -0.15) is 0 Å². The molecule has 1 saturated carbocycles. The molecule has 0 bridgehead atoms. The summed E-state index contributed by atoms with van der Waals surface area (Å²) in [6.07, 6.45) is 6.29. The number of nitrogens with one attached hydrogen (secondary N) is 1. The molecule has 1 N–H and O–H groups in total. The highest BCUT2D eigenvalue weighted by Gasteiger charge is 2.34. The standard InChI is InChI=1S/C32H37BrClN3O5S/c1-42-30-18-17-26(34)20-28(30)37(43(2,40)41)22-31(38)36(21-24-13-15-25(33)16-14-24)29(19-23-9-5-3-6-10-23)32(39)35-27-11-7-4-8-12-27/h3,5-6,9-10,13-18,20,27,29H,4,7-8,11-12,19,21-22H2,1-2H3,(H,35,39). The number of rotatable bonds is 12. The Bertz CT molecular complexity index is 1500. The smallest absolute Gasteiger partial charge is 0.244 e. The van der Waals surface area contributed by atoms with Gasteiger partial charge in [-0.15, -0.1) is 0 Å². The quantitative estimate of drug-likeness (QED) is 0.253. The number of benzene rings is 3. The van der Waals surface area contributed by atoms with Crippen molar-refractivity contribution in [3.05, 3.63) is 93.4 Å². The minimum Gasteiger partial charge on any atom is -0.495 e. The number of halogens is 2. The second-order valence-corrected chi connectivity index (χ2v) is 14.0. The second kappa shape index (κ2) is 15.1. The molecule has 0 heterocycles. The van der Waals surface area contributed by atoms with Crippen molar-refractivity contribution in [2.75, 3.05) is 24.2 Å². The number of sulfonamides is 1. The fraction of sp³-hybridized carbons (Fsp3) is 0.375. The van der Waals surface area contributed by atoms with Crippen LogP contribution in [0.25, 0.3) is 0 Å². The lowest BCUT2D eigenvalue weighted by Gasteiger charge is -2.35. The molecule has 1 unspecified atom stereocenters. The van der Waals surface area contributed by atoms with Gasteiger partial charge in [0.15, 0.2) is 0 Å². The topological polar surface area (TPSA) is 96.0 Å². The van der Waals surface area contributed by atoms with Crippen LogP contribution in [0.5, 0.6) is 5.75 Å². The fourth-order valence-corrected chi connectivity index (χ4v) is 6.61. The summed E-state index contributed by atoms with van der Waals surface area (Å²) in [5, 5.41) is 3.49. The van der Waals surface area contributed by atoms with Gasteiger partial charge in [0.2, 0.25) is 21.8 Å². The van der Waals surface area contributed by atoms with Gasteiger partial charge in [-0.25, -0.2) is 8.42 Å². The van der Waals surface area contributed by atoms with Gasteiger partial charge in [0, 0.05) is 28.5 Å². The van der Waals surface area contributed by atoms with Crippen LogP contribution in [0, 0.1) is 0 Å². The molecule has 4 rings (SSSR count). The number of anilines is 1. The van der Waals surface area contributed by atoms with Gasteiger partial charge in [-0.1, -0.05) is 89.3 Å². The summed E-state index contributed by atoms with van der Waals surface area (Å²) in [4.78, 5) is 29.8. The summed E-state index contributed by atoms with van der Waals surface area (Å²) in [6.45, 7) is -0.444. The van der Waals surface area contributed by atoms with Gasteiger partial charge in [-0.05, 0) is 54.3 Å². The molecule has 1 fully saturated rings. The Morgan fingerprint density at radius 1 is 1.00 bits per heavy atom. The lowest BCUT2D eigenvalue weighted by molar-refractivity contribution is -0.140. The van der Waals surface area contributed by atoms with Crippen LogP contribution in [0.15, 0.2) is 77.3 Å². The highest BCUT2D eigenvalue weighted by molar-refractivity contribution is 9.10. The van der Waals surface area contributed by atoms with Crippen molar-refractivity contribution in [2.45, 2.75) is 57.2 Å². The van der Waals surface area contributed by atoms with Crippen molar-refractivity contribution in [1.29, 1.82) is 0 Å². The number of carbonyl (C=O) groups is 2. The molecule has 1 aliphatic rings. The van der Waals surface area contributed by atoms with Crippen LogP contribution in [0.3, 0.4) is 0 Å². The molecular formula is C32H37BrClN3O5S. The molecule has 0 saturated heterocycles. The van der Waals surface area contributed by atoms with Crippen LogP contribution in [0.2, 0.25) is 5.02 Å². The van der Waals surface area contributed by atoms with E-state index in [2.05, 4.69) is 21.2 Å². The Kier molecular flexibility index (Phi) is 11.5. The maximum atomic E-state index is 14.3. The first-order valence-corrected chi connectivity index (χ1v) is 17.3. The van der Waals surface area contributed by atoms with Crippen molar-refractivity contribution in [2.24, 2.45) is 0 Å². The van der Waals surface area contributed by atoms with E-state index in [1.54, 1.807) is 12.1 Å². The molecule has 1 atom stereocenters. The maximum Gasteiger partial charge on any atom is 0.244 e. The zero-order valence-electron chi connectivity index (χ0n) is 24.3. The molecule has 0 aromatic heterocycles. The molecule has 43 heavy (non-hydrogen) atoms. The highest BCUT2D eigenvalue weighted by Crippen LogP contribution is 2.33. The van der Waals surface area contributed by atoms with Crippen molar-refractivity contribution >= 4 is 55.1 Å². The van der Waals surface area contributed by atoms with Crippen molar-refractivity contribution in [1.82, 2.24) is 10.2 Å². The first-order valence-electron chi connectivity index (χ1n) is 14.2. The Balaban J connectivity index is 1.75. The number of methoxy groups -OCH3 is 1. The Labute approximate surface area is 267 Å². The third-order valence-corrected chi connectivity index (χ3v) is 9.47. The van der Waals surface area contributed by atoms with E-state index in [9.17, 15) is 18.0 Å².